The van der Waals surface area contributed by atoms with Crippen LogP contribution in [0.4, 0.5) is 4.79 Å². The van der Waals surface area contributed by atoms with Crippen LogP contribution < -0.4 is 15.4 Å². The van der Waals surface area contributed by atoms with Gasteiger partial charge in [-0.1, -0.05) is 12.1 Å². The van der Waals surface area contributed by atoms with Crippen molar-refractivity contribution in [2.45, 2.75) is 39.2 Å². The summed E-state index contributed by atoms with van der Waals surface area (Å²) in [5.41, 5.74) is 0.338. The molecule has 0 unspecified atom stereocenters. The van der Waals surface area contributed by atoms with Crippen LogP contribution >= 0.6 is 0 Å². The van der Waals surface area contributed by atoms with Crippen molar-refractivity contribution in [3.05, 3.63) is 30.0 Å². The molecule has 3 amide bonds. The normalized spacial score (nSPS) is 15.5. The number of ether oxygens (including phenoxy) is 1. The number of benzene rings is 1. The quantitative estimate of drug-likeness (QED) is 0.842. The second-order valence-corrected chi connectivity index (χ2v) is 8.31. The molecule has 0 atom stereocenters. The van der Waals surface area contributed by atoms with Crippen molar-refractivity contribution in [3.8, 4) is 5.75 Å². The van der Waals surface area contributed by atoms with Gasteiger partial charge in [-0.05, 0) is 51.7 Å². The highest BCUT2D eigenvalue weighted by Crippen LogP contribution is 2.28. The van der Waals surface area contributed by atoms with Crippen molar-refractivity contribution in [3.63, 3.8) is 0 Å². The number of furan rings is 1. The Hall–Kier alpha value is -2.70. The summed E-state index contributed by atoms with van der Waals surface area (Å²) in [6.07, 6.45) is 1.73. The molecule has 1 saturated heterocycles. The van der Waals surface area contributed by atoms with Crippen LogP contribution in [-0.2, 0) is 0 Å². The molecular formula is C21H29N3O4. The van der Waals surface area contributed by atoms with Gasteiger partial charge in [0.1, 0.15) is 0 Å². The number of methoxy groups -OCH3 is 1. The predicted octanol–water partition coefficient (Wildman–Crippen LogP) is 3.39. The van der Waals surface area contributed by atoms with Crippen LogP contribution in [0, 0.1) is 5.92 Å². The average Bonchev–Trinajstić information content (AvgIpc) is 3.09. The second kappa shape index (κ2) is 8.12. The van der Waals surface area contributed by atoms with E-state index in [0.717, 1.165) is 18.2 Å². The van der Waals surface area contributed by atoms with Gasteiger partial charge in [0.05, 0.1) is 7.11 Å². The van der Waals surface area contributed by atoms with E-state index < -0.39 is 0 Å². The first-order valence-corrected chi connectivity index (χ1v) is 9.68. The number of piperidine rings is 1. The lowest BCUT2D eigenvalue weighted by Gasteiger charge is -2.34. The molecule has 0 radical (unpaired) electrons. The van der Waals surface area contributed by atoms with E-state index in [1.54, 1.807) is 19.2 Å². The zero-order chi connectivity index (χ0) is 20.3. The molecule has 28 heavy (non-hydrogen) atoms. The van der Waals surface area contributed by atoms with Crippen LogP contribution in [0.25, 0.3) is 11.0 Å². The van der Waals surface area contributed by atoms with Gasteiger partial charge in [0, 0.05) is 30.6 Å². The third-order valence-electron chi connectivity index (χ3n) is 4.89. The molecule has 0 spiro atoms. The van der Waals surface area contributed by atoms with Gasteiger partial charge in [-0.3, -0.25) is 4.79 Å². The molecule has 0 aliphatic carbocycles. The van der Waals surface area contributed by atoms with Gasteiger partial charge >= 0.3 is 6.03 Å². The van der Waals surface area contributed by atoms with Gasteiger partial charge < -0.3 is 24.7 Å². The molecule has 0 saturated carbocycles. The fraction of sp³-hybridized carbons (Fsp3) is 0.524. The highest BCUT2D eigenvalue weighted by Gasteiger charge is 2.25. The Labute approximate surface area is 165 Å². The molecule has 1 aliphatic rings. The van der Waals surface area contributed by atoms with Crippen LogP contribution in [0.2, 0.25) is 0 Å². The molecule has 1 fully saturated rings. The van der Waals surface area contributed by atoms with Crippen molar-refractivity contribution in [1.29, 1.82) is 0 Å². The molecule has 0 bridgehead atoms. The number of nitrogens with one attached hydrogen (secondary N) is 2. The van der Waals surface area contributed by atoms with Gasteiger partial charge in [0.15, 0.2) is 17.1 Å². The van der Waals surface area contributed by atoms with Crippen molar-refractivity contribution in [2.24, 2.45) is 5.92 Å². The maximum Gasteiger partial charge on any atom is 0.317 e. The molecule has 2 N–H and O–H groups in total. The number of urea groups is 1. The molecule has 1 aromatic heterocycles. The van der Waals surface area contributed by atoms with E-state index in [9.17, 15) is 9.59 Å². The van der Waals surface area contributed by atoms with Gasteiger partial charge in [-0.2, -0.15) is 0 Å². The molecule has 1 aromatic carbocycles. The van der Waals surface area contributed by atoms with E-state index in [2.05, 4.69) is 10.6 Å². The van der Waals surface area contributed by atoms with E-state index in [-0.39, 0.29) is 23.2 Å². The van der Waals surface area contributed by atoms with E-state index in [4.69, 9.17) is 9.15 Å². The number of carbonyl (C=O) groups is 2. The van der Waals surface area contributed by atoms with Gasteiger partial charge in [-0.25, -0.2) is 4.79 Å². The lowest BCUT2D eigenvalue weighted by atomic mass is 9.97. The Morgan fingerprint density at radius 3 is 2.61 bits per heavy atom. The highest BCUT2D eigenvalue weighted by molar-refractivity contribution is 5.97. The number of nitrogens with zero attached hydrogens (tertiary/aromatic N) is 1. The molecule has 7 nitrogen and oxygen atoms in total. The smallest absolute Gasteiger partial charge is 0.317 e. The summed E-state index contributed by atoms with van der Waals surface area (Å²) < 4.78 is 11.0. The van der Waals surface area contributed by atoms with Crippen molar-refractivity contribution < 1.29 is 18.7 Å². The van der Waals surface area contributed by atoms with E-state index in [0.29, 0.717) is 36.9 Å². The van der Waals surface area contributed by atoms with Gasteiger partial charge in [-0.15, -0.1) is 0 Å². The number of amides is 3. The molecule has 152 valence electrons. The summed E-state index contributed by atoms with van der Waals surface area (Å²) in [6, 6.07) is 7.26. The molecule has 3 rings (SSSR count). The topological polar surface area (TPSA) is 83.8 Å². The molecule has 2 heterocycles. The first-order valence-electron chi connectivity index (χ1n) is 9.68. The third kappa shape index (κ3) is 4.77. The summed E-state index contributed by atoms with van der Waals surface area (Å²) in [5.74, 6) is 1.01. The number of para-hydroxylation sites is 1. The fourth-order valence-corrected chi connectivity index (χ4v) is 3.37. The molecule has 1 aliphatic heterocycles. The first kappa shape index (κ1) is 20.0. The predicted molar refractivity (Wildman–Crippen MR) is 108 cm³/mol. The standard InChI is InChI=1S/C21H29N3O4/c1-21(2,3)23-20(26)24-10-8-14(9-11-24)13-22-19(25)17-12-15-6-5-7-16(27-4)18(15)28-17/h5-7,12,14H,8-11,13H2,1-4H3,(H,22,25)(H,23,26). The molecular weight excluding hydrogens is 358 g/mol. The Bertz CT molecular complexity index is 845. The van der Waals surface area contributed by atoms with Crippen LogP contribution in [0.5, 0.6) is 5.75 Å². The number of carbonyl (C=O) groups excluding carboxylic acids is 2. The van der Waals surface area contributed by atoms with Crippen molar-refractivity contribution in [2.75, 3.05) is 26.7 Å². The van der Waals surface area contributed by atoms with Crippen LogP contribution in [-0.4, -0.2) is 49.1 Å². The highest BCUT2D eigenvalue weighted by atomic mass is 16.5. The largest absolute Gasteiger partial charge is 0.493 e. The minimum Gasteiger partial charge on any atom is -0.493 e. The minimum absolute atomic E-state index is 0.0220. The monoisotopic (exact) mass is 387 g/mol. The number of hydrogen-bond donors (Lipinski definition) is 2. The van der Waals surface area contributed by atoms with E-state index in [1.165, 1.54) is 0 Å². The lowest BCUT2D eigenvalue weighted by Crippen LogP contribution is -2.51. The summed E-state index contributed by atoms with van der Waals surface area (Å²) in [7, 11) is 1.57. The Kier molecular flexibility index (Phi) is 5.82. The first-order chi connectivity index (χ1) is 13.3. The summed E-state index contributed by atoms with van der Waals surface area (Å²) in [4.78, 5) is 26.5. The summed E-state index contributed by atoms with van der Waals surface area (Å²) in [6.45, 7) is 7.89. The van der Waals surface area contributed by atoms with Crippen LogP contribution in [0.1, 0.15) is 44.2 Å². The minimum atomic E-state index is -0.239. The SMILES string of the molecule is COc1cccc2cc(C(=O)NCC3CCN(C(=O)NC(C)(C)C)CC3)oc12. The summed E-state index contributed by atoms with van der Waals surface area (Å²) in [5, 5.41) is 6.78. The zero-order valence-corrected chi connectivity index (χ0v) is 17.0. The van der Waals surface area contributed by atoms with E-state index in [1.807, 2.05) is 37.8 Å². The van der Waals surface area contributed by atoms with Gasteiger partial charge in [0.2, 0.25) is 0 Å². The van der Waals surface area contributed by atoms with Crippen LogP contribution in [0.15, 0.2) is 28.7 Å². The van der Waals surface area contributed by atoms with Crippen LogP contribution in [0.3, 0.4) is 0 Å². The fourth-order valence-electron chi connectivity index (χ4n) is 3.37. The van der Waals surface area contributed by atoms with Crippen molar-refractivity contribution in [1.82, 2.24) is 15.5 Å². The Morgan fingerprint density at radius 2 is 1.96 bits per heavy atom. The average molecular weight is 387 g/mol. The number of hydrogen-bond acceptors (Lipinski definition) is 4. The molecule has 2 aromatic rings. The number of likely N-dealkylation sites (tertiary alicyclic amines) is 1. The van der Waals surface area contributed by atoms with Crippen molar-refractivity contribution >= 4 is 22.9 Å². The Morgan fingerprint density at radius 1 is 1.25 bits per heavy atom. The second-order valence-electron chi connectivity index (χ2n) is 8.31. The van der Waals surface area contributed by atoms with Gasteiger partial charge in [0.25, 0.3) is 5.91 Å². The maximum absolute atomic E-state index is 12.5. The zero-order valence-electron chi connectivity index (χ0n) is 17.0. The molecule has 7 heteroatoms. The summed E-state index contributed by atoms with van der Waals surface area (Å²) >= 11 is 0. The Balaban J connectivity index is 1.50. The third-order valence-corrected chi connectivity index (χ3v) is 4.89. The number of fused-ring (bicyclic) bond motifs is 1. The maximum atomic E-state index is 12.5. The number of rotatable bonds is 4. The van der Waals surface area contributed by atoms with E-state index >= 15 is 0 Å². The lowest BCUT2D eigenvalue weighted by molar-refractivity contribution is 0.0911.